The van der Waals surface area contributed by atoms with Crippen LogP contribution in [0.5, 0.6) is 0 Å². The number of aromatic carboxylic acids is 1. The van der Waals surface area contributed by atoms with Crippen LogP contribution in [0.15, 0.2) is 31.7 Å². The van der Waals surface area contributed by atoms with E-state index < -0.39 is 18.0 Å². The number of nitrogens with zero attached hydrogens (tertiary/aromatic N) is 1. The molecule has 2 aromatic heterocycles. The van der Waals surface area contributed by atoms with Crippen molar-refractivity contribution >= 4 is 49.6 Å². The number of aryl methyl sites for hydroxylation is 1. The molecule has 0 fully saturated rings. The zero-order valence-electron chi connectivity index (χ0n) is 11.1. The highest BCUT2D eigenvalue weighted by molar-refractivity contribution is 9.11. The topological polar surface area (TPSA) is 113 Å². The van der Waals surface area contributed by atoms with Crippen molar-refractivity contribution in [1.29, 1.82) is 0 Å². The second-order valence-electron chi connectivity index (χ2n) is 4.32. The fourth-order valence-corrected chi connectivity index (χ4v) is 2.87. The van der Waals surface area contributed by atoms with Crippen LogP contribution in [0.25, 0.3) is 0 Å². The molecule has 0 aliphatic carbocycles. The Labute approximate surface area is 141 Å². The molecule has 0 aromatic carbocycles. The molecule has 0 aliphatic rings. The first-order valence-corrected chi connectivity index (χ1v) is 7.52. The van der Waals surface area contributed by atoms with E-state index >= 15 is 0 Å². The van der Waals surface area contributed by atoms with E-state index in [2.05, 4.69) is 42.2 Å². The van der Waals surface area contributed by atoms with Crippen LogP contribution in [0.3, 0.4) is 0 Å². The molecule has 7 nitrogen and oxygen atoms in total. The molecule has 0 bridgehead atoms. The van der Waals surface area contributed by atoms with Crippen molar-refractivity contribution in [3.63, 3.8) is 0 Å². The summed E-state index contributed by atoms with van der Waals surface area (Å²) in [7, 11) is 0. The first-order chi connectivity index (χ1) is 10.3. The molecular formula is C13H10Br2N2O5. The number of aliphatic carboxylic acids is 1. The summed E-state index contributed by atoms with van der Waals surface area (Å²) in [5.74, 6) is -1.99. The summed E-state index contributed by atoms with van der Waals surface area (Å²) in [5.41, 5.74) is -0.0779. The van der Waals surface area contributed by atoms with Crippen LogP contribution < -0.4 is 5.32 Å². The van der Waals surface area contributed by atoms with Crippen molar-refractivity contribution in [1.82, 2.24) is 4.98 Å². The van der Waals surface area contributed by atoms with Crippen molar-refractivity contribution in [3.05, 3.63) is 44.4 Å². The summed E-state index contributed by atoms with van der Waals surface area (Å²) in [6.45, 7) is 1.46. The van der Waals surface area contributed by atoms with E-state index in [1.54, 1.807) is 6.07 Å². The number of pyridine rings is 1. The highest BCUT2D eigenvalue weighted by Gasteiger charge is 2.27. The molecule has 116 valence electrons. The van der Waals surface area contributed by atoms with E-state index in [4.69, 9.17) is 9.52 Å². The van der Waals surface area contributed by atoms with Crippen molar-refractivity contribution in [2.75, 3.05) is 5.32 Å². The molecule has 9 heteroatoms. The number of carboxylic acid groups (broad SMARTS) is 2. The minimum atomic E-state index is -1.27. The molecule has 0 saturated heterocycles. The molecule has 0 amide bonds. The van der Waals surface area contributed by atoms with Gasteiger partial charge in [0.15, 0.2) is 6.04 Å². The maximum Gasteiger partial charge on any atom is 0.339 e. The average Bonchev–Trinajstić information content (AvgIpc) is 2.79. The van der Waals surface area contributed by atoms with Gasteiger partial charge in [-0.05, 0) is 50.9 Å². The van der Waals surface area contributed by atoms with E-state index in [0.29, 0.717) is 10.3 Å². The zero-order chi connectivity index (χ0) is 16.4. The number of hydrogen-bond acceptors (Lipinski definition) is 5. The summed E-state index contributed by atoms with van der Waals surface area (Å²) in [6, 6.07) is 1.62. The van der Waals surface area contributed by atoms with Gasteiger partial charge in [0, 0.05) is 10.7 Å². The Bertz CT molecular complexity index is 744. The molecule has 3 N–H and O–H groups in total. The minimum Gasteiger partial charge on any atom is -0.479 e. The fraction of sp³-hybridized carbons (Fsp3) is 0.154. The van der Waals surface area contributed by atoms with Gasteiger partial charge >= 0.3 is 11.9 Å². The lowest BCUT2D eigenvalue weighted by molar-refractivity contribution is -0.138. The van der Waals surface area contributed by atoms with Gasteiger partial charge in [0.05, 0.1) is 4.47 Å². The molecule has 2 rings (SSSR count). The number of furan rings is 1. The quantitative estimate of drug-likeness (QED) is 0.661. The number of carboxylic acids is 2. The van der Waals surface area contributed by atoms with Gasteiger partial charge in [-0.25, -0.2) is 14.6 Å². The second kappa shape index (κ2) is 6.49. The maximum atomic E-state index is 11.5. The van der Waals surface area contributed by atoms with Crippen molar-refractivity contribution in [2.24, 2.45) is 0 Å². The van der Waals surface area contributed by atoms with Crippen molar-refractivity contribution in [3.8, 4) is 0 Å². The Morgan fingerprint density at radius 3 is 2.50 bits per heavy atom. The van der Waals surface area contributed by atoms with Gasteiger partial charge in [-0.1, -0.05) is 0 Å². The number of hydrogen-bond donors (Lipinski definition) is 3. The third-order valence-electron chi connectivity index (χ3n) is 2.79. The molecule has 2 heterocycles. The van der Waals surface area contributed by atoms with Crippen LogP contribution in [0, 0.1) is 6.92 Å². The first-order valence-electron chi connectivity index (χ1n) is 5.93. The van der Waals surface area contributed by atoms with Crippen LogP contribution in [0.1, 0.15) is 27.9 Å². The monoisotopic (exact) mass is 432 g/mol. The largest absolute Gasteiger partial charge is 0.479 e. The molecule has 2 aromatic rings. The lowest BCUT2D eigenvalue weighted by Gasteiger charge is -2.14. The van der Waals surface area contributed by atoms with Gasteiger partial charge in [-0.3, -0.25) is 0 Å². The van der Waals surface area contributed by atoms with Gasteiger partial charge in [0.25, 0.3) is 0 Å². The van der Waals surface area contributed by atoms with Gasteiger partial charge in [-0.2, -0.15) is 0 Å². The minimum absolute atomic E-state index is 0.0148. The van der Waals surface area contributed by atoms with Crippen molar-refractivity contribution in [2.45, 2.75) is 13.0 Å². The predicted molar refractivity (Wildman–Crippen MR) is 84.0 cm³/mol. The average molecular weight is 434 g/mol. The second-order valence-corrected chi connectivity index (χ2v) is 6.09. The first kappa shape index (κ1) is 16.5. The summed E-state index contributed by atoms with van der Waals surface area (Å²) in [5, 5.41) is 21.1. The highest BCUT2D eigenvalue weighted by atomic mass is 79.9. The Morgan fingerprint density at radius 2 is 2.00 bits per heavy atom. The molecule has 0 saturated carbocycles. The molecule has 1 atom stereocenters. The SMILES string of the molecule is Cc1oc(C(Nc2ncc(Br)cc2Br)C(=O)O)cc1C(=O)O. The molecule has 22 heavy (non-hydrogen) atoms. The van der Waals surface area contributed by atoms with Crippen molar-refractivity contribution < 1.29 is 24.2 Å². The van der Waals surface area contributed by atoms with E-state index in [0.717, 1.165) is 4.47 Å². The summed E-state index contributed by atoms with van der Waals surface area (Å²) < 4.78 is 6.53. The van der Waals surface area contributed by atoms with Crippen LogP contribution in [0.2, 0.25) is 0 Å². The normalized spacial score (nSPS) is 12.0. The third kappa shape index (κ3) is 3.47. The molecule has 0 radical (unpaired) electrons. The van der Waals surface area contributed by atoms with Crippen LogP contribution in [-0.4, -0.2) is 27.1 Å². The Morgan fingerprint density at radius 1 is 1.32 bits per heavy atom. The third-order valence-corrected chi connectivity index (χ3v) is 3.83. The van der Waals surface area contributed by atoms with Gasteiger partial charge < -0.3 is 19.9 Å². The van der Waals surface area contributed by atoms with Gasteiger partial charge in [0.1, 0.15) is 22.9 Å². The predicted octanol–water partition coefficient (Wildman–Crippen LogP) is 3.44. The summed E-state index contributed by atoms with van der Waals surface area (Å²) >= 11 is 6.51. The van der Waals surface area contributed by atoms with E-state index in [1.807, 2.05) is 0 Å². The molecule has 0 spiro atoms. The standard InChI is InChI=1S/C13H10Br2N2O5/c1-5-7(12(18)19)3-9(22-5)10(13(20)21)17-11-8(15)2-6(14)4-16-11/h2-4,10H,1H3,(H,16,17)(H,18,19)(H,20,21). The molecule has 1 unspecified atom stereocenters. The Hall–Kier alpha value is -1.87. The maximum absolute atomic E-state index is 11.5. The highest BCUT2D eigenvalue weighted by Crippen LogP contribution is 2.29. The van der Waals surface area contributed by atoms with Crippen LogP contribution in [0.4, 0.5) is 5.82 Å². The van der Waals surface area contributed by atoms with Crippen LogP contribution >= 0.6 is 31.9 Å². The Balaban J connectivity index is 2.37. The number of nitrogens with one attached hydrogen (secondary N) is 1. The van der Waals surface area contributed by atoms with Gasteiger partial charge in [-0.15, -0.1) is 0 Å². The zero-order valence-corrected chi connectivity index (χ0v) is 14.3. The lowest BCUT2D eigenvalue weighted by Crippen LogP contribution is -2.20. The number of aromatic nitrogens is 1. The molecular weight excluding hydrogens is 424 g/mol. The number of rotatable bonds is 5. The van der Waals surface area contributed by atoms with E-state index in [-0.39, 0.29) is 17.1 Å². The van der Waals surface area contributed by atoms with E-state index in [9.17, 15) is 14.7 Å². The van der Waals surface area contributed by atoms with Gasteiger partial charge in [0.2, 0.25) is 0 Å². The summed E-state index contributed by atoms with van der Waals surface area (Å²) in [4.78, 5) is 26.5. The summed E-state index contributed by atoms with van der Waals surface area (Å²) in [6.07, 6.45) is 1.50. The number of anilines is 1. The number of carbonyl (C=O) groups is 2. The Kier molecular flexibility index (Phi) is 4.87. The molecule has 0 aliphatic heterocycles. The van der Waals surface area contributed by atoms with E-state index in [1.165, 1.54) is 19.2 Å². The fourth-order valence-electron chi connectivity index (χ4n) is 1.77. The lowest BCUT2D eigenvalue weighted by atomic mass is 10.2. The smallest absolute Gasteiger partial charge is 0.339 e. The number of halogens is 2. The van der Waals surface area contributed by atoms with Crippen LogP contribution in [-0.2, 0) is 4.79 Å².